The second kappa shape index (κ2) is 8.89. The van der Waals surface area contributed by atoms with Gasteiger partial charge in [-0.15, -0.1) is 28.1 Å². The molecule has 10 heteroatoms. The molecule has 0 aromatic carbocycles. The highest BCUT2D eigenvalue weighted by Gasteiger charge is 2.19. The van der Waals surface area contributed by atoms with Gasteiger partial charge in [-0.1, -0.05) is 17.8 Å². The van der Waals surface area contributed by atoms with Crippen LogP contribution < -0.4 is 5.32 Å². The van der Waals surface area contributed by atoms with Crippen LogP contribution in [0.25, 0.3) is 11.4 Å². The minimum atomic E-state index is -0.491. The molecule has 0 fully saturated rings. The van der Waals surface area contributed by atoms with Crippen molar-refractivity contribution in [3.63, 3.8) is 0 Å². The number of thiophene rings is 1. The fourth-order valence-electron chi connectivity index (χ4n) is 2.47. The normalized spacial score (nSPS) is 10.6. The van der Waals surface area contributed by atoms with Gasteiger partial charge in [0, 0.05) is 6.54 Å². The first-order chi connectivity index (χ1) is 13.5. The summed E-state index contributed by atoms with van der Waals surface area (Å²) < 4.78 is 11.9. The molecule has 28 heavy (non-hydrogen) atoms. The number of nitrogens with one attached hydrogen (secondary N) is 1. The first-order valence-corrected chi connectivity index (χ1v) is 10.1. The highest BCUT2D eigenvalue weighted by atomic mass is 32.2. The van der Waals surface area contributed by atoms with Crippen LogP contribution in [0.1, 0.15) is 16.1 Å². The average Bonchev–Trinajstić information content (AvgIpc) is 3.40. The minimum absolute atomic E-state index is 0.109. The molecule has 0 saturated carbocycles. The van der Waals surface area contributed by atoms with Crippen LogP contribution in [0.5, 0.6) is 0 Å². The van der Waals surface area contributed by atoms with Crippen molar-refractivity contribution in [2.45, 2.75) is 18.6 Å². The lowest BCUT2D eigenvalue weighted by Crippen LogP contribution is -2.16. The van der Waals surface area contributed by atoms with Crippen molar-refractivity contribution < 1.29 is 18.7 Å². The van der Waals surface area contributed by atoms with Gasteiger partial charge in [-0.05, 0) is 24.4 Å². The lowest BCUT2D eigenvalue weighted by Gasteiger charge is -2.08. The Morgan fingerprint density at radius 3 is 2.93 bits per heavy atom. The predicted octanol–water partition coefficient (Wildman–Crippen LogP) is 3.61. The molecular weight excluding hydrogens is 400 g/mol. The molecule has 0 unspecified atom stereocenters. The number of carbonyl (C=O) groups is 2. The smallest absolute Gasteiger partial charge is 0.340 e. The van der Waals surface area contributed by atoms with E-state index in [2.05, 4.69) is 22.1 Å². The maximum atomic E-state index is 12.3. The van der Waals surface area contributed by atoms with Crippen LogP contribution in [0, 0.1) is 6.92 Å². The molecule has 3 rings (SSSR count). The van der Waals surface area contributed by atoms with E-state index in [9.17, 15) is 9.59 Å². The van der Waals surface area contributed by atoms with Crippen molar-refractivity contribution in [1.82, 2.24) is 14.8 Å². The number of thioether (sulfide) groups is 1. The fraction of sp³-hybridized carbons (Fsp3) is 0.222. The standard InChI is InChI=1S/C18H18N4O4S2/c1-4-7-22-15(12-5-8-26-11(12)2)20-21-18(22)28-10-14(23)19-16-13(6-9-27-16)17(24)25-3/h4-6,8-9H,1,7,10H2,2-3H3,(H,19,23). The van der Waals surface area contributed by atoms with Crippen LogP contribution >= 0.6 is 23.1 Å². The Morgan fingerprint density at radius 2 is 2.25 bits per heavy atom. The molecule has 3 heterocycles. The van der Waals surface area contributed by atoms with Crippen molar-refractivity contribution in [3.05, 3.63) is 47.8 Å². The number of hydrogen-bond acceptors (Lipinski definition) is 8. The molecule has 0 aliphatic heterocycles. The Labute approximate surface area is 169 Å². The zero-order valence-electron chi connectivity index (χ0n) is 15.3. The molecule has 0 bridgehead atoms. The number of anilines is 1. The van der Waals surface area contributed by atoms with Crippen molar-refractivity contribution in [1.29, 1.82) is 0 Å². The van der Waals surface area contributed by atoms with Crippen LogP contribution in [-0.2, 0) is 16.1 Å². The molecule has 0 aliphatic rings. The maximum Gasteiger partial charge on any atom is 0.340 e. The van der Waals surface area contributed by atoms with Gasteiger partial charge >= 0.3 is 5.97 Å². The molecular formula is C18H18N4O4S2. The van der Waals surface area contributed by atoms with E-state index in [1.165, 1.54) is 30.2 Å². The van der Waals surface area contributed by atoms with Crippen LogP contribution in [0.15, 0.2) is 46.0 Å². The van der Waals surface area contributed by atoms with Gasteiger partial charge in [-0.2, -0.15) is 0 Å². The summed E-state index contributed by atoms with van der Waals surface area (Å²) in [7, 11) is 1.30. The zero-order chi connectivity index (χ0) is 20.1. The molecule has 0 spiro atoms. The summed E-state index contributed by atoms with van der Waals surface area (Å²) in [6, 6.07) is 3.44. The Hall–Kier alpha value is -2.85. The Kier molecular flexibility index (Phi) is 6.32. The monoisotopic (exact) mass is 418 g/mol. The lowest BCUT2D eigenvalue weighted by molar-refractivity contribution is -0.113. The van der Waals surface area contributed by atoms with Crippen LogP contribution in [0.4, 0.5) is 5.00 Å². The molecule has 0 aliphatic carbocycles. The Bertz CT molecular complexity index is 1010. The summed E-state index contributed by atoms with van der Waals surface area (Å²) in [6.07, 6.45) is 3.33. The minimum Gasteiger partial charge on any atom is -0.469 e. The predicted molar refractivity (Wildman–Crippen MR) is 108 cm³/mol. The van der Waals surface area contributed by atoms with Gasteiger partial charge in [0.05, 0.1) is 30.3 Å². The molecule has 1 amide bonds. The summed E-state index contributed by atoms with van der Waals surface area (Å²) >= 11 is 2.51. The van der Waals surface area contributed by atoms with Gasteiger partial charge in [-0.3, -0.25) is 9.36 Å². The molecule has 0 atom stereocenters. The van der Waals surface area contributed by atoms with Gasteiger partial charge in [0.25, 0.3) is 0 Å². The maximum absolute atomic E-state index is 12.3. The first-order valence-electron chi connectivity index (χ1n) is 8.22. The Morgan fingerprint density at radius 1 is 1.43 bits per heavy atom. The summed E-state index contributed by atoms with van der Waals surface area (Å²) in [6.45, 7) is 6.11. The van der Waals surface area contributed by atoms with Crippen molar-refractivity contribution in [2.75, 3.05) is 18.2 Å². The molecule has 3 aromatic heterocycles. The van der Waals surface area contributed by atoms with E-state index in [-0.39, 0.29) is 11.7 Å². The highest BCUT2D eigenvalue weighted by molar-refractivity contribution is 7.99. The number of nitrogens with zero attached hydrogens (tertiary/aromatic N) is 3. The quantitative estimate of drug-likeness (QED) is 0.339. The van der Waals surface area contributed by atoms with Crippen molar-refractivity contribution in [2.24, 2.45) is 0 Å². The third-order valence-corrected chi connectivity index (χ3v) is 5.58. The Balaban J connectivity index is 1.71. The van der Waals surface area contributed by atoms with E-state index in [0.717, 1.165) is 11.3 Å². The van der Waals surface area contributed by atoms with E-state index < -0.39 is 5.97 Å². The van der Waals surface area contributed by atoms with Crippen LogP contribution in [-0.4, -0.2) is 39.5 Å². The number of amides is 1. The number of rotatable bonds is 8. The van der Waals surface area contributed by atoms with E-state index >= 15 is 0 Å². The topological polar surface area (TPSA) is 99.2 Å². The molecule has 8 nitrogen and oxygen atoms in total. The highest BCUT2D eigenvalue weighted by Crippen LogP contribution is 2.28. The second-order valence-electron chi connectivity index (χ2n) is 5.59. The first kappa shape index (κ1) is 19.9. The molecule has 3 aromatic rings. The number of ether oxygens (including phenoxy) is 1. The van der Waals surface area contributed by atoms with E-state index in [0.29, 0.717) is 28.1 Å². The van der Waals surface area contributed by atoms with Crippen LogP contribution in [0.2, 0.25) is 0 Å². The van der Waals surface area contributed by atoms with Gasteiger partial charge in [-0.25, -0.2) is 4.79 Å². The second-order valence-corrected chi connectivity index (χ2v) is 7.45. The van der Waals surface area contributed by atoms with Gasteiger partial charge < -0.3 is 14.5 Å². The van der Waals surface area contributed by atoms with E-state index in [1.807, 2.05) is 17.6 Å². The molecule has 146 valence electrons. The largest absolute Gasteiger partial charge is 0.469 e. The number of allylic oxidation sites excluding steroid dienone is 1. The summed E-state index contributed by atoms with van der Waals surface area (Å²) in [4.78, 5) is 24.0. The lowest BCUT2D eigenvalue weighted by atomic mass is 10.2. The number of hydrogen-bond donors (Lipinski definition) is 1. The molecule has 0 radical (unpaired) electrons. The van der Waals surface area contributed by atoms with Crippen LogP contribution in [0.3, 0.4) is 0 Å². The number of esters is 1. The van der Waals surface area contributed by atoms with Gasteiger partial charge in [0.15, 0.2) is 11.0 Å². The number of aromatic nitrogens is 3. The number of furan rings is 1. The fourth-order valence-corrected chi connectivity index (χ4v) is 4.01. The molecule has 0 saturated heterocycles. The zero-order valence-corrected chi connectivity index (χ0v) is 16.9. The number of aryl methyl sites for hydroxylation is 1. The number of methoxy groups -OCH3 is 1. The summed E-state index contributed by atoms with van der Waals surface area (Å²) in [5.41, 5.74) is 1.17. The molecule has 1 N–H and O–H groups in total. The van der Waals surface area contributed by atoms with Crippen molar-refractivity contribution >= 4 is 40.0 Å². The summed E-state index contributed by atoms with van der Waals surface area (Å²) in [5.74, 6) is 0.750. The SMILES string of the molecule is C=CCn1c(SCC(=O)Nc2sccc2C(=O)OC)nnc1-c1ccoc1C. The third-order valence-electron chi connectivity index (χ3n) is 3.78. The van der Waals surface area contributed by atoms with Gasteiger partial charge in [0.1, 0.15) is 10.8 Å². The average molecular weight is 419 g/mol. The number of carbonyl (C=O) groups excluding carboxylic acids is 2. The van der Waals surface area contributed by atoms with Gasteiger partial charge in [0.2, 0.25) is 5.91 Å². The van der Waals surface area contributed by atoms with Crippen molar-refractivity contribution in [3.8, 4) is 11.4 Å². The summed E-state index contributed by atoms with van der Waals surface area (Å²) in [5, 5.41) is 13.9. The van der Waals surface area contributed by atoms with E-state index in [4.69, 9.17) is 9.15 Å². The third kappa shape index (κ3) is 4.18. The van der Waals surface area contributed by atoms with E-state index in [1.54, 1.807) is 23.8 Å².